The van der Waals surface area contributed by atoms with Crippen LogP contribution in [0.1, 0.15) is 52.0 Å². The van der Waals surface area contributed by atoms with Crippen molar-refractivity contribution < 1.29 is 23.8 Å². The van der Waals surface area contributed by atoms with E-state index >= 15 is 0 Å². The number of ether oxygens (including phenoxy) is 3. The number of benzene rings is 1. The zero-order chi connectivity index (χ0) is 23.3. The number of nitrogens with one attached hydrogen (secondary N) is 1. The Bertz CT molecular complexity index is 801. The number of carbonyl (C=O) groups is 2. The maximum absolute atomic E-state index is 13.0. The largest absolute Gasteiger partial charge is 0.489 e. The van der Waals surface area contributed by atoms with Gasteiger partial charge in [0.1, 0.15) is 18.0 Å². The highest BCUT2D eigenvalue weighted by Crippen LogP contribution is 2.28. The molecule has 2 aliphatic heterocycles. The van der Waals surface area contributed by atoms with E-state index in [4.69, 9.17) is 14.2 Å². The average Bonchev–Trinajstić information content (AvgIpc) is 3.25. The standard InChI is InChI=1S/C24H37N3O5/c1-17-10-11-20(21(14-17)31-16-19-9-7-13-30-19)25-22(28)27-12-6-8-18(15-27)26(5)23(29)32-24(2,3)4/h10-11,14,18-19H,6-9,12-13,15-16H2,1-5H3,(H,25,28). The molecular formula is C24H37N3O5. The predicted octanol–water partition coefficient (Wildman–Crippen LogP) is 4.42. The first-order valence-corrected chi connectivity index (χ1v) is 11.5. The number of amides is 3. The highest BCUT2D eigenvalue weighted by molar-refractivity contribution is 5.91. The van der Waals surface area contributed by atoms with Crippen molar-refractivity contribution in [3.05, 3.63) is 23.8 Å². The minimum absolute atomic E-state index is 0.0856. The number of carbonyl (C=O) groups excluding carboxylic acids is 2. The molecule has 2 heterocycles. The van der Waals surface area contributed by atoms with Gasteiger partial charge in [0.05, 0.1) is 17.8 Å². The Morgan fingerprint density at radius 2 is 2.03 bits per heavy atom. The monoisotopic (exact) mass is 447 g/mol. The van der Waals surface area contributed by atoms with E-state index in [1.165, 1.54) is 0 Å². The van der Waals surface area contributed by atoms with Gasteiger partial charge in [0.25, 0.3) is 0 Å². The fourth-order valence-corrected chi connectivity index (χ4v) is 3.94. The summed E-state index contributed by atoms with van der Waals surface area (Å²) in [6, 6.07) is 5.46. The van der Waals surface area contributed by atoms with Crippen molar-refractivity contribution in [2.45, 2.75) is 71.1 Å². The van der Waals surface area contributed by atoms with Crippen LogP contribution in [0.15, 0.2) is 18.2 Å². The van der Waals surface area contributed by atoms with Gasteiger partial charge in [0.2, 0.25) is 0 Å². The molecule has 8 nitrogen and oxygen atoms in total. The Labute approximate surface area is 191 Å². The van der Waals surface area contributed by atoms with Crippen molar-refractivity contribution in [1.82, 2.24) is 9.80 Å². The second kappa shape index (κ2) is 10.4. The van der Waals surface area contributed by atoms with Gasteiger partial charge in [-0.2, -0.15) is 0 Å². The number of anilines is 1. The second-order valence-electron chi connectivity index (χ2n) is 9.71. The third-order valence-corrected chi connectivity index (χ3v) is 5.74. The van der Waals surface area contributed by atoms with Crippen LogP contribution in [0.3, 0.4) is 0 Å². The third-order valence-electron chi connectivity index (χ3n) is 5.74. The lowest BCUT2D eigenvalue weighted by atomic mass is 10.1. The maximum Gasteiger partial charge on any atom is 0.410 e. The quantitative estimate of drug-likeness (QED) is 0.723. The van der Waals surface area contributed by atoms with Gasteiger partial charge in [-0.1, -0.05) is 6.07 Å². The number of urea groups is 1. The summed E-state index contributed by atoms with van der Waals surface area (Å²) in [4.78, 5) is 28.8. The Kier molecular flexibility index (Phi) is 7.87. The van der Waals surface area contributed by atoms with Gasteiger partial charge in [-0.15, -0.1) is 0 Å². The molecule has 0 aliphatic carbocycles. The molecule has 8 heteroatoms. The van der Waals surface area contributed by atoms with Crippen molar-refractivity contribution in [2.24, 2.45) is 0 Å². The SMILES string of the molecule is Cc1ccc(NC(=O)N2CCCC(N(C)C(=O)OC(C)(C)C)C2)c(OCC2CCCO2)c1. The van der Waals surface area contributed by atoms with Gasteiger partial charge in [-0.3, -0.25) is 0 Å². The summed E-state index contributed by atoms with van der Waals surface area (Å²) in [5.74, 6) is 0.647. The summed E-state index contributed by atoms with van der Waals surface area (Å²) in [6.07, 6.45) is 3.44. The summed E-state index contributed by atoms with van der Waals surface area (Å²) >= 11 is 0. The molecule has 0 saturated carbocycles. The first-order chi connectivity index (χ1) is 15.1. The van der Waals surface area contributed by atoms with Crippen LogP contribution >= 0.6 is 0 Å². The van der Waals surface area contributed by atoms with E-state index in [1.807, 2.05) is 45.9 Å². The zero-order valence-corrected chi connectivity index (χ0v) is 20.0. The predicted molar refractivity (Wildman–Crippen MR) is 123 cm³/mol. The van der Waals surface area contributed by atoms with Crippen LogP contribution < -0.4 is 10.1 Å². The highest BCUT2D eigenvalue weighted by Gasteiger charge is 2.31. The summed E-state index contributed by atoms with van der Waals surface area (Å²) in [6.45, 7) is 9.88. The molecule has 2 aliphatic rings. The lowest BCUT2D eigenvalue weighted by Gasteiger charge is -2.38. The topological polar surface area (TPSA) is 80.3 Å². The van der Waals surface area contributed by atoms with Gasteiger partial charge in [-0.25, -0.2) is 9.59 Å². The number of likely N-dealkylation sites (N-methyl/N-ethyl adjacent to an activating group) is 1. The molecule has 2 unspecified atom stereocenters. The second-order valence-corrected chi connectivity index (χ2v) is 9.71. The number of likely N-dealkylation sites (tertiary alicyclic amines) is 1. The van der Waals surface area contributed by atoms with Crippen LogP contribution in [0, 0.1) is 6.92 Å². The maximum atomic E-state index is 13.0. The molecule has 1 aromatic rings. The van der Waals surface area contributed by atoms with Gasteiger partial charge in [-0.05, 0) is 71.1 Å². The summed E-state index contributed by atoms with van der Waals surface area (Å²) in [7, 11) is 1.73. The average molecular weight is 448 g/mol. The lowest BCUT2D eigenvalue weighted by molar-refractivity contribution is 0.0158. The molecule has 2 saturated heterocycles. The first-order valence-electron chi connectivity index (χ1n) is 11.5. The van der Waals surface area contributed by atoms with Crippen molar-refractivity contribution >= 4 is 17.8 Å². The molecule has 32 heavy (non-hydrogen) atoms. The van der Waals surface area contributed by atoms with Crippen LogP contribution in [-0.4, -0.2) is 73.0 Å². The zero-order valence-electron chi connectivity index (χ0n) is 20.0. The van der Waals surface area contributed by atoms with Gasteiger partial charge in [0.15, 0.2) is 0 Å². The Morgan fingerprint density at radius 3 is 2.72 bits per heavy atom. The van der Waals surface area contributed by atoms with Crippen LogP contribution in [-0.2, 0) is 9.47 Å². The van der Waals surface area contributed by atoms with E-state index in [2.05, 4.69) is 5.32 Å². The van der Waals surface area contributed by atoms with Crippen molar-refractivity contribution in [2.75, 3.05) is 38.7 Å². The van der Waals surface area contributed by atoms with E-state index in [0.29, 0.717) is 31.1 Å². The Balaban J connectivity index is 1.60. The van der Waals surface area contributed by atoms with Gasteiger partial charge in [0, 0.05) is 26.7 Å². The lowest BCUT2D eigenvalue weighted by Crippen LogP contribution is -2.52. The summed E-state index contributed by atoms with van der Waals surface area (Å²) in [5, 5.41) is 3.00. The van der Waals surface area contributed by atoms with Crippen molar-refractivity contribution in [3.63, 3.8) is 0 Å². The minimum Gasteiger partial charge on any atom is -0.489 e. The Morgan fingerprint density at radius 1 is 1.25 bits per heavy atom. The summed E-state index contributed by atoms with van der Waals surface area (Å²) < 4.78 is 17.1. The third kappa shape index (κ3) is 6.76. The number of hydrogen-bond acceptors (Lipinski definition) is 5. The van der Waals surface area contributed by atoms with E-state index in [-0.39, 0.29) is 24.3 Å². The number of rotatable bonds is 5. The van der Waals surface area contributed by atoms with Crippen LogP contribution in [0.4, 0.5) is 15.3 Å². The summed E-state index contributed by atoms with van der Waals surface area (Å²) in [5.41, 5.74) is 1.14. The molecular weight excluding hydrogens is 410 g/mol. The fraction of sp³-hybridized carbons (Fsp3) is 0.667. The molecule has 178 valence electrons. The Hall–Kier alpha value is -2.48. The smallest absolute Gasteiger partial charge is 0.410 e. The molecule has 1 N–H and O–H groups in total. The molecule has 2 atom stereocenters. The van der Waals surface area contributed by atoms with Crippen LogP contribution in [0.25, 0.3) is 0 Å². The van der Waals surface area contributed by atoms with Crippen LogP contribution in [0.2, 0.25) is 0 Å². The minimum atomic E-state index is -0.553. The number of hydrogen-bond donors (Lipinski definition) is 1. The molecule has 0 spiro atoms. The van der Waals surface area contributed by atoms with Crippen molar-refractivity contribution in [3.8, 4) is 5.75 Å². The van der Waals surface area contributed by atoms with E-state index < -0.39 is 5.60 Å². The molecule has 3 amide bonds. The number of nitrogens with zero attached hydrogens (tertiary/aromatic N) is 2. The number of aryl methyl sites for hydroxylation is 1. The molecule has 0 aromatic heterocycles. The first kappa shape index (κ1) is 24.2. The number of piperidine rings is 1. The van der Waals surface area contributed by atoms with E-state index in [0.717, 1.165) is 37.9 Å². The fourth-order valence-electron chi connectivity index (χ4n) is 3.94. The molecule has 0 bridgehead atoms. The van der Waals surface area contributed by atoms with Gasteiger partial charge < -0.3 is 29.3 Å². The molecule has 3 rings (SSSR count). The van der Waals surface area contributed by atoms with E-state index in [9.17, 15) is 9.59 Å². The normalized spacial score (nSPS) is 21.2. The van der Waals surface area contributed by atoms with Crippen LogP contribution in [0.5, 0.6) is 5.75 Å². The van der Waals surface area contributed by atoms with Crippen molar-refractivity contribution in [1.29, 1.82) is 0 Å². The molecule has 2 fully saturated rings. The van der Waals surface area contributed by atoms with Gasteiger partial charge >= 0.3 is 12.1 Å². The molecule has 1 aromatic carbocycles. The highest BCUT2D eigenvalue weighted by atomic mass is 16.6. The van der Waals surface area contributed by atoms with E-state index in [1.54, 1.807) is 16.8 Å². The molecule has 0 radical (unpaired) electrons.